The summed E-state index contributed by atoms with van der Waals surface area (Å²) in [5.74, 6) is -1.85. The third kappa shape index (κ3) is 4.28. The molecule has 24 heavy (non-hydrogen) atoms. The summed E-state index contributed by atoms with van der Waals surface area (Å²) < 4.78 is 27.7. The fourth-order valence-corrected chi connectivity index (χ4v) is 4.59. The molecule has 0 aliphatic carbocycles. The number of carbonyl (C=O) groups excluding carboxylic acids is 2. The number of esters is 1. The van der Waals surface area contributed by atoms with Crippen molar-refractivity contribution < 1.29 is 27.7 Å². The maximum atomic E-state index is 11.9. The van der Waals surface area contributed by atoms with Gasteiger partial charge in [-0.2, -0.15) is 0 Å². The lowest BCUT2D eigenvalue weighted by Crippen LogP contribution is -2.48. The molecule has 1 heterocycles. The molecule has 0 radical (unpaired) electrons. The van der Waals surface area contributed by atoms with E-state index in [4.69, 9.17) is 4.74 Å². The number of nitro groups is 1. The van der Waals surface area contributed by atoms with Crippen LogP contribution in [-0.2, 0) is 19.4 Å². The second-order valence-corrected chi connectivity index (χ2v) is 7.99. The van der Waals surface area contributed by atoms with Gasteiger partial charge in [0.15, 0.2) is 16.4 Å². The lowest BCUT2D eigenvalue weighted by Gasteiger charge is -2.23. The minimum Gasteiger partial charge on any atom is -0.452 e. The minimum absolute atomic E-state index is 0.0141. The van der Waals surface area contributed by atoms with E-state index in [0.717, 1.165) is 6.07 Å². The number of hydrogen-bond acceptors (Lipinski definition) is 7. The number of nitro benzene ring substituents is 1. The van der Waals surface area contributed by atoms with Gasteiger partial charge >= 0.3 is 5.97 Å². The molecule has 130 valence electrons. The van der Waals surface area contributed by atoms with Crippen molar-refractivity contribution in [3.63, 3.8) is 0 Å². The Morgan fingerprint density at radius 2 is 2.04 bits per heavy atom. The number of rotatable bonds is 5. The topological polar surface area (TPSA) is 133 Å². The average Bonchev–Trinajstić information content (AvgIpc) is 2.78. The molecule has 1 fully saturated rings. The summed E-state index contributed by atoms with van der Waals surface area (Å²) in [4.78, 5) is 33.9. The van der Waals surface area contributed by atoms with Crippen molar-refractivity contribution >= 4 is 27.4 Å². The van der Waals surface area contributed by atoms with Crippen molar-refractivity contribution in [3.8, 4) is 0 Å². The van der Waals surface area contributed by atoms with E-state index in [1.165, 1.54) is 18.2 Å². The van der Waals surface area contributed by atoms with Gasteiger partial charge in [-0.3, -0.25) is 14.9 Å². The van der Waals surface area contributed by atoms with Gasteiger partial charge in [0.05, 0.1) is 22.0 Å². The van der Waals surface area contributed by atoms with E-state index in [9.17, 15) is 28.1 Å². The molecule has 10 heteroatoms. The van der Waals surface area contributed by atoms with Gasteiger partial charge in [0.2, 0.25) is 0 Å². The van der Waals surface area contributed by atoms with Gasteiger partial charge in [0, 0.05) is 6.07 Å². The lowest BCUT2D eigenvalue weighted by atomic mass is 10.0. The maximum absolute atomic E-state index is 11.9. The van der Waals surface area contributed by atoms with Crippen LogP contribution in [0.15, 0.2) is 24.3 Å². The number of nitrogens with zero attached hydrogens (tertiary/aromatic N) is 1. The Balaban J connectivity index is 1.95. The fourth-order valence-electron chi connectivity index (χ4n) is 2.50. The Hall–Kier alpha value is -2.49. The highest BCUT2D eigenvalue weighted by Gasteiger charge is 2.39. The Bertz CT molecular complexity index is 790. The maximum Gasteiger partial charge on any atom is 0.345 e. The zero-order valence-electron chi connectivity index (χ0n) is 12.9. The molecule has 2 rings (SSSR count). The van der Waals surface area contributed by atoms with Crippen LogP contribution in [0.3, 0.4) is 0 Å². The quantitative estimate of drug-likeness (QED) is 0.460. The van der Waals surface area contributed by atoms with Crippen molar-refractivity contribution in [2.45, 2.75) is 18.9 Å². The van der Waals surface area contributed by atoms with Crippen LogP contribution >= 0.6 is 0 Å². The first-order chi connectivity index (χ1) is 11.1. The first-order valence-electron chi connectivity index (χ1n) is 7.04. The SMILES string of the molecule is C[C@@]1(NC(=O)COC(=O)c2ccccc2[N+](=O)[O-])CCS(=O)(=O)C1. The van der Waals surface area contributed by atoms with E-state index < -0.39 is 44.5 Å². The molecule has 0 spiro atoms. The van der Waals surface area contributed by atoms with Crippen LogP contribution < -0.4 is 5.32 Å². The summed E-state index contributed by atoms with van der Waals surface area (Å²) in [5.41, 5.74) is -1.58. The van der Waals surface area contributed by atoms with Gasteiger partial charge < -0.3 is 10.1 Å². The molecule has 1 atom stereocenters. The lowest BCUT2D eigenvalue weighted by molar-refractivity contribution is -0.385. The van der Waals surface area contributed by atoms with Crippen LogP contribution in [0.2, 0.25) is 0 Å². The summed E-state index contributed by atoms with van der Waals surface area (Å²) in [6.45, 7) is 0.944. The van der Waals surface area contributed by atoms with Crippen LogP contribution in [-0.4, -0.2) is 48.9 Å². The van der Waals surface area contributed by atoms with E-state index in [2.05, 4.69) is 5.32 Å². The number of nitrogens with one attached hydrogen (secondary N) is 1. The highest BCUT2D eigenvalue weighted by Crippen LogP contribution is 2.23. The smallest absolute Gasteiger partial charge is 0.345 e. The molecule has 1 N–H and O–H groups in total. The summed E-state index contributed by atoms with van der Waals surface area (Å²) in [6, 6.07) is 5.22. The van der Waals surface area contributed by atoms with E-state index >= 15 is 0 Å². The number of sulfone groups is 1. The van der Waals surface area contributed by atoms with Gasteiger partial charge in [0.25, 0.3) is 11.6 Å². The third-order valence-corrected chi connectivity index (χ3v) is 5.50. The monoisotopic (exact) mass is 356 g/mol. The molecular weight excluding hydrogens is 340 g/mol. The van der Waals surface area contributed by atoms with Crippen molar-refractivity contribution in [2.75, 3.05) is 18.1 Å². The molecule has 0 aromatic heterocycles. The summed E-state index contributed by atoms with van der Waals surface area (Å²) in [7, 11) is -3.19. The van der Waals surface area contributed by atoms with Gasteiger partial charge in [-0.15, -0.1) is 0 Å². The molecule has 1 saturated heterocycles. The fraction of sp³-hybridized carbons (Fsp3) is 0.429. The molecule has 9 nitrogen and oxygen atoms in total. The van der Waals surface area contributed by atoms with E-state index in [1.807, 2.05) is 0 Å². The normalized spacial score (nSPS) is 21.9. The first-order valence-corrected chi connectivity index (χ1v) is 8.86. The number of ether oxygens (including phenoxy) is 1. The van der Waals surface area contributed by atoms with Gasteiger partial charge in [-0.05, 0) is 19.4 Å². The number of carbonyl (C=O) groups is 2. The second-order valence-electron chi connectivity index (χ2n) is 5.80. The zero-order valence-corrected chi connectivity index (χ0v) is 13.7. The van der Waals surface area contributed by atoms with E-state index in [-0.39, 0.29) is 23.5 Å². The number of amides is 1. The van der Waals surface area contributed by atoms with Crippen molar-refractivity contribution in [1.29, 1.82) is 0 Å². The van der Waals surface area contributed by atoms with Gasteiger partial charge in [-0.25, -0.2) is 13.2 Å². The van der Waals surface area contributed by atoms with Crippen LogP contribution in [0.25, 0.3) is 0 Å². The van der Waals surface area contributed by atoms with Crippen LogP contribution in [0.1, 0.15) is 23.7 Å². The predicted octanol–water partition coefficient (Wildman–Crippen LogP) is 0.445. The number of benzene rings is 1. The van der Waals surface area contributed by atoms with Crippen molar-refractivity contribution in [2.24, 2.45) is 0 Å². The third-order valence-electron chi connectivity index (χ3n) is 3.60. The largest absolute Gasteiger partial charge is 0.452 e. The Morgan fingerprint density at radius 3 is 2.62 bits per heavy atom. The highest BCUT2D eigenvalue weighted by molar-refractivity contribution is 7.91. The average molecular weight is 356 g/mol. The Morgan fingerprint density at radius 1 is 1.38 bits per heavy atom. The van der Waals surface area contributed by atoms with Crippen LogP contribution in [0.5, 0.6) is 0 Å². The predicted molar refractivity (Wildman–Crippen MR) is 83.2 cm³/mol. The molecule has 0 bridgehead atoms. The molecule has 1 aromatic carbocycles. The summed E-state index contributed by atoms with van der Waals surface area (Å²) in [6.07, 6.45) is 0.277. The van der Waals surface area contributed by atoms with Crippen molar-refractivity contribution in [3.05, 3.63) is 39.9 Å². The number of para-hydroxylation sites is 1. The molecular formula is C14H16N2O7S. The molecule has 0 saturated carbocycles. The minimum atomic E-state index is -3.19. The molecule has 0 unspecified atom stereocenters. The van der Waals surface area contributed by atoms with Gasteiger partial charge in [0.1, 0.15) is 5.56 Å². The molecule has 1 aliphatic heterocycles. The number of hydrogen-bond donors (Lipinski definition) is 1. The first kappa shape index (κ1) is 17.9. The van der Waals surface area contributed by atoms with Crippen molar-refractivity contribution in [1.82, 2.24) is 5.32 Å². The summed E-state index contributed by atoms with van der Waals surface area (Å²) >= 11 is 0. The zero-order chi connectivity index (χ0) is 18.0. The van der Waals surface area contributed by atoms with Crippen LogP contribution in [0.4, 0.5) is 5.69 Å². The summed E-state index contributed by atoms with van der Waals surface area (Å²) in [5, 5.41) is 13.4. The van der Waals surface area contributed by atoms with E-state index in [1.54, 1.807) is 6.92 Å². The molecule has 1 aliphatic rings. The molecule has 1 amide bonds. The van der Waals surface area contributed by atoms with Gasteiger partial charge in [-0.1, -0.05) is 12.1 Å². The molecule has 1 aromatic rings. The Kier molecular flexibility index (Phi) is 4.88. The standard InChI is InChI=1S/C14H16N2O7S/c1-14(6-7-24(21,22)9-14)15-12(17)8-23-13(18)10-4-2-3-5-11(10)16(19)20/h2-5H,6-9H2,1H3,(H,15,17)/t14-/m1/s1. The highest BCUT2D eigenvalue weighted by atomic mass is 32.2. The van der Waals surface area contributed by atoms with E-state index in [0.29, 0.717) is 0 Å². The van der Waals surface area contributed by atoms with Crippen LogP contribution in [0, 0.1) is 10.1 Å². The second kappa shape index (κ2) is 6.56. The Labute approximate surface area is 138 Å².